The molecular weight excluding hydrogens is 440 g/mol. The van der Waals surface area contributed by atoms with Crippen molar-refractivity contribution in [3.05, 3.63) is 77.3 Å². The topological polar surface area (TPSA) is 82.5 Å². The third-order valence-corrected chi connectivity index (χ3v) is 7.01. The molecule has 5 rings (SSSR count). The number of thiophene rings is 1. The summed E-state index contributed by atoms with van der Waals surface area (Å²) in [5, 5.41) is 20.1. The summed E-state index contributed by atoms with van der Waals surface area (Å²) in [6.45, 7) is 6.24. The van der Waals surface area contributed by atoms with E-state index in [0.29, 0.717) is 11.8 Å². The van der Waals surface area contributed by atoms with E-state index in [9.17, 15) is 0 Å². The smallest absolute Gasteiger partial charge is 0.257 e. The van der Waals surface area contributed by atoms with Gasteiger partial charge in [-0.2, -0.15) is 0 Å². The summed E-state index contributed by atoms with van der Waals surface area (Å²) < 4.78 is 8.00. The Labute approximate surface area is 193 Å². The molecule has 0 radical (unpaired) electrons. The molecule has 32 heavy (non-hydrogen) atoms. The molecule has 160 valence electrons. The second-order valence-corrected chi connectivity index (χ2v) is 9.58. The second-order valence-electron chi connectivity index (χ2n) is 7.33. The van der Waals surface area contributed by atoms with Crippen molar-refractivity contribution in [3.63, 3.8) is 0 Å². The lowest BCUT2D eigenvalue weighted by Gasteiger charge is -2.13. The van der Waals surface area contributed by atoms with Crippen LogP contribution in [0, 0.1) is 13.8 Å². The molecule has 5 aromatic rings. The Bertz CT molecular complexity index is 1340. The predicted octanol–water partition coefficient (Wildman–Crippen LogP) is 5.91. The fourth-order valence-corrected chi connectivity index (χ4v) is 4.78. The average molecular weight is 461 g/mol. The van der Waals surface area contributed by atoms with Gasteiger partial charge in [-0.05, 0) is 67.6 Å². The van der Waals surface area contributed by atoms with E-state index in [2.05, 4.69) is 62.0 Å². The lowest BCUT2D eigenvalue weighted by atomic mass is 10.1. The minimum absolute atomic E-state index is 0.101. The van der Waals surface area contributed by atoms with E-state index in [4.69, 9.17) is 4.42 Å². The third-order valence-electron chi connectivity index (χ3n) is 5.12. The van der Waals surface area contributed by atoms with Crippen molar-refractivity contribution in [1.82, 2.24) is 29.9 Å². The normalized spacial score (nSPS) is 12.2. The number of thioether (sulfide) groups is 1. The van der Waals surface area contributed by atoms with E-state index in [-0.39, 0.29) is 5.25 Å². The Balaban J connectivity index is 1.52. The number of pyridine rings is 1. The van der Waals surface area contributed by atoms with E-state index < -0.39 is 0 Å². The summed E-state index contributed by atoms with van der Waals surface area (Å²) >= 11 is 3.11. The molecule has 0 saturated heterocycles. The maximum absolute atomic E-state index is 5.94. The van der Waals surface area contributed by atoms with Gasteiger partial charge in [-0.1, -0.05) is 23.9 Å². The van der Waals surface area contributed by atoms with Crippen LogP contribution in [0.4, 0.5) is 0 Å². The van der Waals surface area contributed by atoms with Gasteiger partial charge in [-0.15, -0.1) is 31.7 Å². The summed E-state index contributed by atoms with van der Waals surface area (Å²) in [6.07, 6.45) is 3.52. The van der Waals surface area contributed by atoms with E-state index in [1.807, 2.05) is 36.6 Å². The van der Waals surface area contributed by atoms with Gasteiger partial charge in [0.25, 0.3) is 5.89 Å². The quantitative estimate of drug-likeness (QED) is 0.291. The minimum atomic E-state index is -0.101. The maximum atomic E-state index is 5.94. The van der Waals surface area contributed by atoms with Crippen LogP contribution in [-0.4, -0.2) is 29.9 Å². The molecule has 4 aromatic heterocycles. The van der Waals surface area contributed by atoms with Crippen molar-refractivity contribution in [2.24, 2.45) is 0 Å². The van der Waals surface area contributed by atoms with Crippen LogP contribution in [0.3, 0.4) is 0 Å². The highest BCUT2D eigenvalue weighted by atomic mass is 32.2. The van der Waals surface area contributed by atoms with E-state index in [0.717, 1.165) is 27.1 Å². The zero-order valence-corrected chi connectivity index (χ0v) is 19.4. The van der Waals surface area contributed by atoms with Crippen molar-refractivity contribution >= 4 is 23.1 Å². The van der Waals surface area contributed by atoms with Crippen LogP contribution in [0.25, 0.3) is 27.8 Å². The molecule has 0 amide bonds. The first-order chi connectivity index (χ1) is 15.6. The molecule has 1 atom stereocenters. The van der Waals surface area contributed by atoms with Crippen LogP contribution in [0.5, 0.6) is 0 Å². The standard InChI is InChI=1S/C23H20N6OS2/c1-14-6-7-18(13-15(14)2)29-20(17-8-10-24-11-9-17)25-28-23(29)32-16(3)21-26-27-22(30-21)19-5-4-12-31-19/h4-13,16H,1-3H3. The van der Waals surface area contributed by atoms with Crippen molar-refractivity contribution in [3.8, 4) is 27.8 Å². The Morgan fingerprint density at radius 1 is 0.969 bits per heavy atom. The van der Waals surface area contributed by atoms with Gasteiger partial charge in [-0.3, -0.25) is 9.55 Å². The third kappa shape index (κ3) is 3.96. The molecular formula is C23H20N6OS2. The number of nitrogens with zero attached hydrogens (tertiary/aromatic N) is 6. The van der Waals surface area contributed by atoms with Crippen LogP contribution in [0.15, 0.2) is 69.8 Å². The van der Waals surface area contributed by atoms with Gasteiger partial charge in [0.2, 0.25) is 5.89 Å². The van der Waals surface area contributed by atoms with Gasteiger partial charge in [-0.25, -0.2) is 0 Å². The summed E-state index contributed by atoms with van der Waals surface area (Å²) in [6, 6.07) is 14.2. The zero-order valence-electron chi connectivity index (χ0n) is 17.8. The van der Waals surface area contributed by atoms with Crippen LogP contribution >= 0.6 is 23.1 Å². The largest absolute Gasteiger partial charge is 0.419 e. The number of aryl methyl sites for hydroxylation is 2. The summed E-state index contributed by atoms with van der Waals surface area (Å²) in [5.74, 6) is 1.85. The highest BCUT2D eigenvalue weighted by molar-refractivity contribution is 7.99. The second kappa shape index (κ2) is 8.68. The summed E-state index contributed by atoms with van der Waals surface area (Å²) in [7, 11) is 0. The molecule has 1 aromatic carbocycles. The molecule has 0 aliphatic heterocycles. The molecule has 0 N–H and O–H groups in total. The predicted molar refractivity (Wildman–Crippen MR) is 126 cm³/mol. The van der Waals surface area contributed by atoms with Gasteiger partial charge < -0.3 is 4.42 Å². The molecule has 9 heteroatoms. The van der Waals surface area contributed by atoms with E-state index in [1.54, 1.807) is 23.7 Å². The van der Waals surface area contributed by atoms with Gasteiger partial charge >= 0.3 is 0 Å². The molecule has 0 saturated carbocycles. The lowest BCUT2D eigenvalue weighted by molar-refractivity contribution is 0.510. The molecule has 0 aliphatic carbocycles. The first-order valence-corrected chi connectivity index (χ1v) is 11.8. The van der Waals surface area contributed by atoms with Crippen LogP contribution < -0.4 is 0 Å². The summed E-state index contributed by atoms with van der Waals surface area (Å²) in [5.41, 5.74) is 4.40. The fraction of sp³-hybridized carbons (Fsp3) is 0.174. The maximum Gasteiger partial charge on any atom is 0.257 e. The molecule has 0 spiro atoms. The number of hydrogen-bond acceptors (Lipinski definition) is 8. The highest BCUT2D eigenvalue weighted by Crippen LogP contribution is 2.37. The van der Waals surface area contributed by atoms with Crippen molar-refractivity contribution in [1.29, 1.82) is 0 Å². The number of aromatic nitrogens is 6. The monoisotopic (exact) mass is 460 g/mol. The van der Waals surface area contributed by atoms with Gasteiger partial charge in [0, 0.05) is 18.0 Å². The van der Waals surface area contributed by atoms with Gasteiger partial charge in [0.15, 0.2) is 11.0 Å². The number of benzene rings is 1. The Hall–Kier alpha value is -3.30. The Kier molecular flexibility index (Phi) is 5.59. The van der Waals surface area contributed by atoms with Crippen molar-refractivity contribution < 1.29 is 4.42 Å². The number of rotatable bonds is 6. The minimum Gasteiger partial charge on any atom is -0.419 e. The zero-order chi connectivity index (χ0) is 22.1. The molecule has 0 fully saturated rings. The first-order valence-electron chi connectivity index (χ1n) is 10.1. The SMILES string of the molecule is Cc1ccc(-n2c(SC(C)c3nnc(-c4cccs4)o3)nnc2-c2ccncc2)cc1C. The van der Waals surface area contributed by atoms with Crippen molar-refractivity contribution in [2.75, 3.05) is 0 Å². The van der Waals surface area contributed by atoms with Gasteiger partial charge in [0.05, 0.1) is 15.8 Å². The average Bonchev–Trinajstić information content (AvgIpc) is 3.57. The Morgan fingerprint density at radius 2 is 1.81 bits per heavy atom. The van der Waals surface area contributed by atoms with Crippen LogP contribution in [0.2, 0.25) is 0 Å². The molecule has 0 aliphatic rings. The Morgan fingerprint density at radius 3 is 2.56 bits per heavy atom. The van der Waals surface area contributed by atoms with Crippen LogP contribution in [0.1, 0.15) is 29.2 Å². The van der Waals surface area contributed by atoms with Crippen molar-refractivity contribution in [2.45, 2.75) is 31.2 Å². The fourth-order valence-electron chi connectivity index (χ4n) is 3.24. The number of hydrogen-bond donors (Lipinski definition) is 0. The first kappa shape index (κ1) is 20.6. The highest BCUT2D eigenvalue weighted by Gasteiger charge is 2.23. The lowest BCUT2D eigenvalue weighted by Crippen LogP contribution is -2.02. The molecule has 0 bridgehead atoms. The van der Waals surface area contributed by atoms with Crippen LogP contribution in [-0.2, 0) is 0 Å². The van der Waals surface area contributed by atoms with E-state index in [1.165, 1.54) is 22.9 Å². The van der Waals surface area contributed by atoms with Gasteiger partial charge in [0.1, 0.15) is 0 Å². The molecule has 7 nitrogen and oxygen atoms in total. The summed E-state index contributed by atoms with van der Waals surface area (Å²) in [4.78, 5) is 5.09. The molecule has 4 heterocycles. The molecule has 1 unspecified atom stereocenters. The van der Waals surface area contributed by atoms with E-state index >= 15 is 0 Å².